The van der Waals surface area contributed by atoms with Crippen LogP contribution in [0.2, 0.25) is 0 Å². The fourth-order valence-electron chi connectivity index (χ4n) is 2.03. The highest BCUT2D eigenvalue weighted by molar-refractivity contribution is 4.72. The molecule has 0 aromatic heterocycles. The normalized spacial score (nSPS) is 17.3. The first-order valence-electron chi connectivity index (χ1n) is 7.72. The van der Waals surface area contributed by atoms with Crippen LogP contribution in [0, 0.1) is 5.92 Å². The zero-order valence-electron chi connectivity index (χ0n) is 12.6. The first-order valence-corrected chi connectivity index (χ1v) is 7.72. The molecule has 0 heterocycles. The third kappa shape index (κ3) is 8.90. The molecule has 18 heavy (non-hydrogen) atoms. The van der Waals surface area contributed by atoms with Crippen molar-refractivity contribution in [1.29, 1.82) is 0 Å². The summed E-state index contributed by atoms with van der Waals surface area (Å²) in [5.41, 5.74) is 0. The van der Waals surface area contributed by atoms with Crippen LogP contribution >= 0.6 is 0 Å². The molecule has 1 N–H and O–H groups in total. The van der Waals surface area contributed by atoms with Gasteiger partial charge in [0.2, 0.25) is 0 Å². The number of ether oxygens (including phenoxy) is 1. The Morgan fingerprint density at radius 1 is 1.33 bits per heavy atom. The maximum absolute atomic E-state index is 5.65. The molecule has 0 aromatic carbocycles. The van der Waals surface area contributed by atoms with Gasteiger partial charge < -0.3 is 15.0 Å². The molecule has 1 unspecified atom stereocenters. The highest BCUT2D eigenvalue weighted by Gasteiger charge is 2.20. The van der Waals surface area contributed by atoms with Crippen molar-refractivity contribution in [3.8, 4) is 0 Å². The molecular formula is C15H32N2O. The summed E-state index contributed by atoms with van der Waals surface area (Å²) in [5, 5.41) is 3.53. The lowest BCUT2D eigenvalue weighted by Gasteiger charge is -2.18. The SMILES string of the molecule is CCCNC(C)CCCN(C)CCOCC1CC1. The van der Waals surface area contributed by atoms with E-state index >= 15 is 0 Å². The zero-order valence-corrected chi connectivity index (χ0v) is 12.6. The summed E-state index contributed by atoms with van der Waals surface area (Å²) in [6, 6.07) is 0.657. The second kappa shape index (κ2) is 9.76. The molecule has 108 valence electrons. The Morgan fingerprint density at radius 3 is 2.78 bits per heavy atom. The minimum absolute atomic E-state index is 0.657. The molecule has 1 aliphatic carbocycles. The van der Waals surface area contributed by atoms with E-state index in [1.54, 1.807) is 0 Å². The van der Waals surface area contributed by atoms with Gasteiger partial charge in [-0.3, -0.25) is 0 Å². The molecule has 1 saturated carbocycles. The van der Waals surface area contributed by atoms with Crippen molar-refractivity contribution < 1.29 is 4.74 Å². The molecule has 1 atom stereocenters. The number of hydrogen-bond donors (Lipinski definition) is 1. The lowest BCUT2D eigenvalue weighted by Crippen LogP contribution is -2.29. The van der Waals surface area contributed by atoms with Gasteiger partial charge in [0.15, 0.2) is 0 Å². The molecule has 0 radical (unpaired) electrons. The Bertz CT molecular complexity index is 195. The summed E-state index contributed by atoms with van der Waals surface area (Å²) in [6.45, 7) is 9.80. The predicted molar refractivity (Wildman–Crippen MR) is 78.0 cm³/mol. The molecule has 1 fully saturated rings. The minimum atomic E-state index is 0.657. The van der Waals surface area contributed by atoms with Crippen LogP contribution < -0.4 is 5.32 Å². The van der Waals surface area contributed by atoms with Crippen LogP contribution in [0.1, 0.15) is 46.0 Å². The van der Waals surface area contributed by atoms with Crippen LogP contribution in [0.4, 0.5) is 0 Å². The van der Waals surface area contributed by atoms with E-state index in [0.29, 0.717) is 6.04 Å². The van der Waals surface area contributed by atoms with Crippen LogP contribution in [0.15, 0.2) is 0 Å². The van der Waals surface area contributed by atoms with Crippen molar-refractivity contribution in [2.24, 2.45) is 5.92 Å². The Morgan fingerprint density at radius 2 is 2.11 bits per heavy atom. The molecule has 0 amide bonds. The monoisotopic (exact) mass is 256 g/mol. The average Bonchev–Trinajstić information content (AvgIpc) is 3.16. The van der Waals surface area contributed by atoms with Gasteiger partial charge in [0, 0.05) is 19.2 Å². The summed E-state index contributed by atoms with van der Waals surface area (Å²) in [4.78, 5) is 2.39. The van der Waals surface area contributed by atoms with Gasteiger partial charge in [-0.1, -0.05) is 6.92 Å². The first-order chi connectivity index (χ1) is 8.72. The number of rotatable bonds is 12. The predicted octanol–water partition coefficient (Wildman–Crippen LogP) is 2.51. The second-order valence-electron chi connectivity index (χ2n) is 5.82. The summed E-state index contributed by atoms with van der Waals surface area (Å²) in [5.74, 6) is 0.890. The largest absolute Gasteiger partial charge is 0.380 e. The molecule has 3 heteroatoms. The van der Waals surface area contributed by atoms with Crippen molar-refractivity contribution in [3.05, 3.63) is 0 Å². The molecule has 1 aliphatic rings. The van der Waals surface area contributed by atoms with Crippen molar-refractivity contribution in [2.45, 2.75) is 52.0 Å². The molecule has 0 aliphatic heterocycles. The molecule has 0 aromatic rings. The fraction of sp³-hybridized carbons (Fsp3) is 1.00. The van der Waals surface area contributed by atoms with Gasteiger partial charge in [0.05, 0.1) is 6.61 Å². The Kier molecular flexibility index (Phi) is 8.64. The van der Waals surface area contributed by atoms with E-state index in [-0.39, 0.29) is 0 Å². The third-order valence-electron chi connectivity index (χ3n) is 3.59. The van der Waals surface area contributed by atoms with Gasteiger partial charge in [-0.15, -0.1) is 0 Å². The third-order valence-corrected chi connectivity index (χ3v) is 3.59. The van der Waals surface area contributed by atoms with Gasteiger partial charge in [-0.05, 0) is 65.1 Å². The van der Waals surface area contributed by atoms with E-state index < -0.39 is 0 Å². The van der Waals surface area contributed by atoms with Crippen molar-refractivity contribution in [1.82, 2.24) is 10.2 Å². The van der Waals surface area contributed by atoms with E-state index in [9.17, 15) is 0 Å². The van der Waals surface area contributed by atoms with Crippen LogP contribution in [0.25, 0.3) is 0 Å². The number of nitrogens with zero attached hydrogens (tertiary/aromatic N) is 1. The van der Waals surface area contributed by atoms with Crippen molar-refractivity contribution in [3.63, 3.8) is 0 Å². The molecular weight excluding hydrogens is 224 g/mol. The average molecular weight is 256 g/mol. The van der Waals surface area contributed by atoms with Crippen LogP contribution in [0.3, 0.4) is 0 Å². The van der Waals surface area contributed by atoms with Gasteiger partial charge in [-0.2, -0.15) is 0 Å². The van der Waals surface area contributed by atoms with Gasteiger partial charge in [0.1, 0.15) is 0 Å². The summed E-state index contributed by atoms with van der Waals surface area (Å²) < 4.78 is 5.65. The Balaban J connectivity index is 1.84. The Labute approximate surface area is 113 Å². The van der Waals surface area contributed by atoms with E-state index in [1.807, 2.05) is 0 Å². The van der Waals surface area contributed by atoms with Crippen LogP contribution in [-0.4, -0.2) is 50.8 Å². The van der Waals surface area contributed by atoms with E-state index in [4.69, 9.17) is 4.74 Å². The Hall–Kier alpha value is -0.120. The van der Waals surface area contributed by atoms with Crippen molar-refractivity contribution in [2.75, 3.05) is 39.9 Å². The zero-order chi connectivity index (χ0) is 13.2. The van der Waals surface area contributed by atoms with E-state index in [2.05, 4.69) is 31.1 Å². The molecule has 0 saturated heterocycles. The highest BCUT2D eigenvalue weighted by atomic mass is 16.5. The minimum Gasteiger partial charge on any atom is -0.380 e. The van der Waals surface area contributed by atoms with Crippen molar-refractivity contribution >= 4 is 0 Å². The van der Waals surface area contributed by atoms with Gasteiger partial charge >= 0.3 is 0 Å². The molecule has 1 rings (SSSR count). The van der Waals surface area contributed by atoms with Crippen LogP contribution in [-0.2, 0) is 4.74 Å². The summed E-state index contributed by atoms with van der Waals surface area (Å²) in [7, 11) is 2.20. The summed E-state index contributed by atoms with van der Waals surface area (Å²) in [6.07, 6.45) is 6.55. The molecule has 3 nitrogen and oxygen atoms in total. The highest BCUT2D eigenvalue weighted by Crippen LogP contribution is 2.28. The van der Waals surface area contributed by atoms with Gasteiger partial charge in [-0.25, -0.2) is 0 Å². The standard InChI is InChI=1S/C15H32N2O/c1-4-9-16-14(2)6-5-10-17(3)11-12-18-13-15-7-8-15/h14-16H,4-13H2,1-3H3. The maximum Gasteiger partial charge on any atom is 0.0593 e. The van der Waals surface area contributed by atoms with E-state index in [0.717, 1.165) is 32.2 Å². The molecule has 0 spiro atoms. The number of hydrogen-bond acceptors (Lipinski definition) is 3. The molecule has 0 bridgehead atoms. The van der Waals surface area contributed by atoms with Gasteiger partial charge in [0.25, 0.3) is 0 Å². The fourth-order valence-corrected chi connectivity index (χ4v) is 2.03. The lowest BCUT2D eigenvalue weighted by molar-refractivity contribution is 0.103. The number of likely N-dealkylation sites (N-methyl/N-ethyl adjacent to an activating group) is 1. The smallest absolute Gasteiger partial charge is 0.0593 e. The quantitative estimate of drug-likeness (QED) is 0.543. The lowest BCUT2D eigenvalue weighted by atomic mass is 10.2. The second-order valence-corrected chi connectivity index (χ2v) is 5.82. The van der Waals surface area contributed by atoms with E-state index in [1.165, 1.54) is 38.6 Å². The van der Waals surface area contributed by atoms with Crippen LogP contribution in [0.5, 0.6) is 0 Å². The summed E-state index contributed by atoms with van der Waals surface area (Å²) >= 11 is 0. The number of nitrogens with one attached hydrogen (secondary N) is 1. The topological polar surface area (TPSA) is 24.5 Å². The maximum atomic E-state index is 5.65. The first kappa shape index (κ1) is 15.9.